The van der Waals surface area contributed by atoms with Crippen LogP contribution < -0.4 is 10.1 Å². The number of urea groups is 1. The van der Waals surface area contributed by atoms with E-state index in [0.29, 0.717) is 30.5 Å². The van der Waals surface area contributed by atoms with Gasteiger partial charge in [-0.15, -0.1) is 11.3 Å². The second kappa shape index (κ2) is 12.4. The number of aryl methyl sites for hydroxylation is 1. The van der Waals surface area contributed by atoms with E-state index in [1.54, 1.807) is 29.7 Å². The highest BCUT2D eigenvalue weighted by molar-refractivity contribution is 7.10. The summed E-state index contributed by atoms with van der Waals surface area (Å²) in [5, 5.41) is 4.99. The lowest BCUT2D eigenvalue weighted by molar-refractivity contribution is -0.135. The molecule has 1 unspecified atom stereocenters. The Labute approximate surface area is 239 Å². The van der Waals surface area contributed by atoms with Crippen molar-refractivity contribution in [3.63, 3.8) is 0 Å². The van der Waals surface area contributed by atoms with Crippen molar-refractivity contribution >= 4 is 29.0 Å². The Morgan fingerprint density at radius 1 is 1.10 bits per heavy atom. The fourth-order valence-corrected chi connectivity index (χ4v) is 5.81. The number of hydrogen-bond acceptors (Lipinski definition) is 5. The summed E-state index contributed by atoms with van der Waals surface area (Å²) in [4.78, 5) is 31.8. The Morgan fingerprint density at radius 3 is 2.58 bits per heavy atom. The molecule has 7 nitrogen and oxygen atoms in total. The summed E-state index contributed by atoms with van der Waals surface area (Å²) in [7, 11) is 0. The van der Waals surface area contributed by atoms with Gasteiger partial charge in [0, 0.05) is 17.1 Å². The zero-order valence-electron chi connectivity index (χ0n) is 23.1. The molecule has 8 heteroatoms. The third kappa shape index (κ3) is 6.57. The Hall–Kier alpha value is -4.04. The van der Waals surface area contributed by atoms with E-state index < -0.39 is 0 Å². The summed E-state index contributed by atoms with van der Waals surface area (Å²) < 4.78 is 11.7. The molecule has 0 fully saturated rings. The van der Waals surface area contributed by atoms with Crippen LogP contribution in [0.25, 0.3) is 0 Å². The second-order valence-electron chi connectivity index (χ2n) is 10.4. The van der Waals surface area contributed by atoms with E-state index in [1.165, 1.54) is 15.3 Å². The van der Waals surface area contributed by atoms with E-state index >= 15 is 0 Å². The van der Waals surface area contributed by atoms with Crippen molar-refractivity contribution in [3.05, 3.63) is 106 Å². The minimum absolute atomic E-state index is 0.0859. The average Bonchev–Trinajstić information content (AvgIpc) is 3.65. The van der Waals surface area contributed by atoms with Gasteiger partial charge in [0.1, 0.15) is 24.7 Å². The number of furan rings is 1. The van der Waals surface area contributed by atoms with Gasteiger partial charge in [-0.3, -0.25) is 4.79 Å². The van der Waals surface area contributed by atoms with Crippen LogP contribution in [0.3, 0.4) is 0 Å². The molecule has 2 aromatic carbocycles. The van der Waals surface area contributed by atoms with Gasteiger partial charge in [0.2, 0.25) is 5.91 Å². The highest BCUT2D eigenvalue weighted by atomic mass is 32.1. The lowest BCUT2D eigenvalue weighted by atomic mass is 10.00. The molecule has 2 aromatic heterocycles. The van der Waals surface area contributed by atoms with Gasteiger partial charge in [0.05, 0.1) is 18.8 Å². The van der Waals surface area contributed by atoms with Crippen molar-refractivity contribution in [3.8, 4) is 5.75 Å². The van der Waals surface area contributed by atoms with Gasteiger partial charge in [0.25, 0.3) is 0 Å². The molecule has 4 aromatic rings. The van der Waals surface area contributed by atoms with Gasteiger partial charge in [-0.1, -0.05) is 43.7 Å². The first-order chi connectivity index (χ1) is 19.4. The molecule has 5 rings (SSSR count). The van der Waals surface area contributed by atoms with Crippen LogP contribution >= 0.6 is 11.3 Å². The van der Waals surface area contributed by atoms with E-state index in [2.05, 4.69) is 42.7 Å². The van der Waals surface area contributed by atoms with Gasteiger partial charge in [-0.2, -0.15) is 0 Å². The van der Waals surface area contributed by atoms with Crippen molar-refractivity contribution in [1.82, 2.24) is 9.80 Å². The van der Waals surface area contributed by atoms with Gasteiger partial charge >= 0.3 is 6.03 Å². The Bertz CT molecular complexity index is 1410. The average molecular weight is 558 g/mol. The number of fused-ring (bicyclic) bond motifs is 1. The number of anilines is 1. The number of hydrogen-bond donors (Lipinski definition) is 1. The third-order valence-electron chi connectivity index (χ3n) is 7.21. The predicted octanol–water partition coefficient (Wildman–Crippen LogP) is 7.01. The molecule has 1 atom stereocenters. The SMILES string of the molecule is Cc1ccc(NC(=O)N(CC(=O)N2CCc3sccc3C2COc2ccc(C(C)C)cc2)Cc2ccco2)cc1. The van der Waals surface area contributed by atoms with E-state index in [4.69, 9.17) is 9.15 Å². The molecule has 0 saturated carbocycles. The van der Waals surface area contributed by atoms with Crippen LogP contribution in [0.5, 0.6) is 5.75 Å². The minimum Gasteiger partial charge on any atom is -0.491 e. The molecular formula is C32H35N3O4S. The van der Waals surface area contributed by atoms with E-state index in [0.717, 1.165) is 23.3 Å². The number of amides is 3. The van der Waals surface area contributed by atoms with Crippen molar-refractivity contribution < 1.29 is 18.7 Å². The molecule has 0 aliphatic carbocycles. The van der Waals surface area contributed by atoms with Gasteiger partial charge in [0.15, 0.2) is 0 Å². The molecule has 1 N–H and O–H groups in total. The van der Waals surface area contributed by atoms with Crippen molar-refractivity contribution in [2.45, 2.75) is 45.7 Å². The summed E-state index contributed by atoms with van der Waals surface area (Å²) >= 11 is 1.71. The quantitative estimate of drug-likeness (QED) is 0.240. The molecule has 1 aliphatic heterocycles. The van der Waals surface area contributed by atoms with Crippen LogP contribution in [0.15, 0.2) is 82.8 Å². The number of nitrogens with zero attached hydrogens (tertiary/aromatic N) is 2. The van der Waals surface area contributed by atoms with Crippen molar-refractivity contribution in [2.24, 2.45) is 0 Å². The number of thiophene rings is 1. The van der Waals surface area contributed by atoms with Crippen LogP contribution in [0, 0.1) is 6.92 Å². The summed E-state index contributed by atoms with van der Waals surface area (Å²) in [6, 6.07) is 20.8. The first-order valence-corrected chi connectivity index (χ1v) is 14.5. The highest BCUT2D eigenvalue weighted by Crippen LogP contribution is 2.34. The van der Waals surface area contributed by atoms with Crippen LogP contribution in [0.1, 0.15) is 53.1 Å². The van der Waals surface area contributed by atoms with E-state index in [1.807, 2.05) is 48.2 Å². The predicted molar refractivity (Wildman–Crippen MR) is 158 cm³/mol. The molecule has 0 bridgehead atoms. The molecule has 0 spiro atoms. The third-order valence-corrected chi connectivity index (χ3v) is 8.21. The molecule has 3 amide bonds. The Kier molecular flexibility index (Phi) is 8.55. The Morgan fingerprint density at radius 2 is 1.88 bits per heavy atom. The number of carbonyl (C=O) groups excluding carboxylic acids is 2. The Balaban J connectivity index is 1.32. The number of ether oxygens (including phenoxy) is 1. The summed E-state index contributed by atoms with van der Waals surface area (Å²) in [6.07, 6.45) is 2.35. The summed E-state index contributed by atoms with van der Waals surface area (Å²) in [5.74, 6) is 1.69. The zero-order valence-corrected chi connectivity index (χ0v) is 23.9. The van der Waals surface area contributed by atoms with Gasteiger partial charge in [-0.25, -0.2) is 4.79 Å². The van der Waals surface area contributed by atoms with Gasteiger partial charge < -0.3 is 24.3 Å². The minimum atomic E-state index is -0.361. The molecular weight excluding hydrogens is 522 g/mol. The number of benzene rings is 2. The molecule has 0 saturated heterocycles. The first kappa shape index (κ1) is 27.5. The monoisotopic (exact) mass is 557 g/mol. The van der Waals surface area contributed by atoms with Crippen LogP contribution in [0.2, 0.25) is 0 Å². The maximum Gasteiger partial charge on any atom is 0.322 e. The molecule has 0 radical (unpaired) electrons. The smallest absolute Gasteiger partial charge is 0.322 e. The second-order valence-corrected chi connectivity index (χ2v) is 11.4. The summed E-state index contributed by atoms with van der Waals surface area (Å²) in [5.41, 5.74) is 4.14. The standard InChI is InChI=1S/C32H35N3O4S/c1-22(2)24-8-12-26(13-9-24)39-21-29-28-15-18-40-30(28)14-16-35(29)31(36)20-34(19-27-5-4-17-38-27)32(37)33-25-10-6-23(3)7-11-25/h4-13,15,17-18,22,29H,14,16,19-21H2,1-3H3,(H,33,37). The maximum absolute atomic E-state index is 13.8. The number of carbonyl (C=O) groups is 2. The summed E-state index contributed by atoms with van der Waals surface area (Å²) in [6.45, 7) is 7.32. The van der Waals surface area contributed by atoms with Crippen molar-refractivity contribution in [1.29, 1.82) is 0 Å². The topological polar surface area (TPSA) is 75.0 Å². The molecule has 40 heavy (non-hydrogen) atoms. The molecule has 208 valence electrons. The van der Waals surface area contributed by atoms with Gasteiger partial charge in [-0.05, 0) is 78.2 Å². The lowest BCUT2D eigenvalue weighted by Crippen LogP contribution is -2.48. The maximum atomic E-state index is 13.8. The molecule has 3 heterocycles. The van der Waals surface area contributed by atoms with Crippen LogP contribution in [0.4, 0.5) is 10.5 Å². The number of nitrogens with one attached hydrogen (secondary N) is 1. The largest absolute Gasteiger partial charge is 0.491 e. The van der Waals surface area contributed by atoms with E-state index in [9.17, 15) is 9.59 Å². The normalized spacial score (nSPS) is 14.6. The fraction of sp³-hybridized carbons (Fsp3) is 0.312. The van der Waals surface area contributed by atoms with Crippen molar-refractivity contribution in [2.75, 3.05) is 25.0 Å². The number of rotatable bonds is 9. The molecule has 1 aliphatic rings. The first-order valence-electron chi connectivity index (χ1n) is 13.6. The van der Waals surface area contributed by atoms with E-state index in [-0.39, 0.29) is 31.1 Å². The van der Waals surface area contributed by atoms with Crippen LogP contribution in [-0.4, -0.2) is 41.4 Å². The lowest BCUT2D eigenvalue weighted by Gasteiger charge is -2.37. The zero-order chi connectivity index (χ0) is 28.1. The van der Waals surface area contributed by atoms with Crippen LogP contribution in [-0.2, 0) is 17.8 Å². The highest BCUT2D eigenvalue weighted by Gasteiger charge is 2.33. The fourth-order valence-electron chi connectivity index (χ4n) is 4.88.